The molecule has 2 aromatic rings. The van der Waals surface area contributed by atoms with Crippen LogP contribution in [0, 0.1) is 17.8 Å². The van der Waals surface area contributed by atoms with Gasteiger partial charge in [0.2, 0.25) is 0 Å². The average molecular weight is 419 g/mol. The van der Waals surface area contributed by atoms with E-state index < -0.39 is 0 Å². The van der Waals surface area contributed by atoms with Crippen molar-refractivity contribution in [2.45, 2.75) is 64.0 Å². The van der Waals surface area contributed by atoms with Crippen LogP contribution in [0.15, 0.2) is 48.5 Å². The fraction of sp³-hybridized carbons (Fsp3) is 0.519. The molecule has 4 nitrogen and oxygen atoms in total. The molecule has 4 atom stereocenters. The van der Waals surface area contributed by atoms with Gasteiger partial charge in [0.1, 0.15) is 0 Å². The highest BCUT2D eigenvalue weighted by Gasteiger charge is 2.49. The zero-order valence-corrected chi connectivity index (χ0v) is 18.5. The van der Waals surface area contributed by atoms with Crippen molar-refractivity contribution in [1.29, 1.82) is 0 Å². The molecule has 3 fully saturated rings. The van der Waals surface area contributed by atoms with Gasteiger partial charge >= 0.3 is 5.97 Å². The molecule has 0 spiro atoms. The highest BCUT2D eigenvalue weighted by atomic mass is 16.5. The number of hydrogen-bond acceptors (Lipinski definition) is 4. The van der Waals surface area contributed by atoms with Crippen LogP contribution in [0.1, 0.15) is 67.8 Å². The van der Waals surface area contributed by atoms with E-state index in [0.29, 0.717) is 12.2 Å². The molecule has 5 rings (SSSR count). The monoisotopic (exact) mass is 418 g/mol. The van der Waals surface area contributed by atoms with Crippen LogP contribution in [0.25, 0.3) is 0 Å². The Hall–Kier alpha value is -2.49. The van der Waals surface area contributed by atoms with Crippen molar-refractivity contribution >= 4 is 17.3 Å². The molecule has 3 bridgehead atoms. The van der Waals surface area contributed by atoms with Gasteiger partial charge in [-0.25, -0.2) is 4.79 Å². The third kappa shape index (κ3) is 4.30. The second-order valence-corrected chi connectivity index (χ2v) is 9.87. The number of carbonyl (C=O) groups is 1. The topological polar surface area (TPSA) is 50.4 Å². The molecule has 2 N–H and O–H groups in total. The van der Waals surface area contributed by atoms with Gasteiger partial charge in [0.25, 0.3) is 0 Å². The summed E-state index contributed by atoms with van der Waals surface area (Å²) in [5, 5.41) is 7.59. The minimum Gasteiger partial charge on any atom is -0.462 e. The third-order valence-electron chi connectivity index (χ3n) is 7.83. The number of carbonyl (C=O) groups excluding carboxylic acids is 1. The number of nitrogens with one attached hydrogen (secondary N) is 2. The van der Waals surface area contributed by atoms with Gasteiger partial charge in [-0.1, -0.05) is 36.8 Å². The van der Waals surface area contributed by atoms with Crippen molar-refractivity contribution in [2.75, 3.05) is 17.2 Å². The summed E-state index contributed by atoms with van der Waals surface area (Å²) in [5.74, 6) is 2.46. The van der Waals surface area contributed by atoms with E-state index in [4.69, 9.17) is 4.74 Å². The molecule has 31 heavy (non-hydrogen) atoms. The van der Waals surface area contributed by atoms with Crippen LogP contribution in [-0.2, 0) is 11.3 Å². The van der Waals surface area contributed by atoms with Crippen LogP contribution < -0.4 is 10.6 Å². The highest BCUT2D eigenvalue weighted by molar-refractivity contribution is 5.92. The number of anilines is 2. The van der Waals surface area contributed by atoms with Crippen molar-refractivity contribution in [2.24, 2.45) is 17.8 Å². The standard InChI is InChI=1S/C27H34N2O2/c1-2-31-26(30)22-10-11-24(25(15-22)28-18-19-6-4-3-5-7-19)29-27-13-12-21-9-8-20(16-27)14-23(21)17-27/h3-7,10-11,15,20-21,23,28-29H,2,8-9,12-14,16-18H2,1H3. The van der Waals surface area contributed by atoms with E-state index in [-0.39, 0.29) is 11.5 Å². The quantitative estimate of drug-likeness (QED) is 0.522. The molecule has 3 aliphatic carbocycles. The normalized spacial score (nSPS) is 28.7. The van der Waals surface area contributed by atoms with Gasteiger partial charge < -0.3 is 15.4 Å². The van der Waals surface area contributed by atoms with E-state index in [0.717, 1.165) is 35.7 Å². The van der Waals surface area contributed by atoms with Gasteiger partial charge in [-0.2, -0.15) is 0 Å². The number of hydrogen-bond donors (Lipinski definition) is 2. The second kappa shape index (κ2) is 8.57. The van der Waals surface area contributed by atoms with E-state index in [9.17, 15) is 4.79 Å². The van der Waals surface area contributed by atoms with Crippen LogP contribution in [0.5, 0.6) is 0 Å². The zero-order valence-electron chi connectivity index (χ0n) is 18.5. The number of benzene rings is 2. The summed E-state index contributed by atoms with van der Waals surface area (Å²) in [6.07, 6.45) is 9.50. The Morgan fingerprint density at radius 2 is 1.90 bits per heavy atom. The first-order valence-corrected chi connectivity index (χ1v) is 12.0. The van der Waals surface area contributed by atoms with E-state index >= 15 is 0 Å². The maximum Gasteiger partial charge on any atom is 0.338 e. The Balaban J connectivity index is 1.40. The molecule has 0 saturated heterocycles. The van der Waals surface area contributed by atoms with Crippen molar-refractivity contribution in [3.63, 3.8) is 0 Å². The summed E-state index contributed by atoms with van der Waals surface area (Å²) in [7, 11) is 0. The van der Waals surface area contributed by atoms with Crippen LogP contribution in [0.4, 0.5) is 11.4 Å². The lowest BCUT2D eigenvalue weighted by Gasteiger charge is -2.55. The summed E-state index contributed by atoms with van der Waals surface area (Å²) >= 11 is 0. The fourth-order valence-electron chi connectivity index (χ4n) is 6.43. The van der Waals surface area contributed by atoms with Gasteiger partial charge in [-0.05, 0) is 87.0 Å². The van der Waals surface area contributed by atoms with Crippen LogP contribution in [-0.4, -0.2) is 18.1 Å². The first kappa shape index (κ1) is 20.4. The Bertz CT molecular complexity index is 924. The number of ether oxygens (including phenoxy) is 1. The highest BCUT2D eigenvalue weighted by Crippen LogP contribution is 2.55. The van der Waals surface area contributed by atoms with E-state index in [2.05, 4.69) is 41.0 Å². The molecule has 4 unspecified atom stereocenters. The molecule has 164 valence electrons. The van der Waals surface area contributed by atoms with Crippen LogP contribution >= 0.6 is 0 Å². The molecule has 4 heteroatoms. The van der Waals surface area contributed by atoms with Crippen LogP contribution in [0.3, 0.4) is 0 Å². The Morgan fingerprint density at radius 1 is 1.03 bits per heavy atom. The van der Waals surface area contributed by atoms with Gasteiger partial charge in [-0.3, -0.25) is 0 Å². The van der Waals surface area contributed by atoms with E-state index in [1.807, 2.05) is 25.1 Å². The third-order valence-corrected chi connectivity index (χ3v) is 7.83. The molecule has 3 aliphatic rings. The summed E-state index contributed by atoms with van der Waals surface area (Å²) in [6, 6.07) is 16.3. The van der Waals surface area contributed by atoms with Gasteiger partial charge in [0, 0.05) is 12.1 Å². The zero-order chi connectivity index (χ0) is 21.3. The molecular weight excluding hydrogens is 384 g/mol. The molecule has 3 saturated carbocycles. The first-order valence-electron chi connectivity index (χ1n) is 12.0. The fourth-order valence-corrected chi connectivity index (χ4v) is 6.43. The molecule has 0 radical (unpaired) electrons. The maximum atomic E-state index is 12.4. The van der Waals surface area contributed by atoms with Crippen LogP contribution in [0.2, 0.25) is 0 Å². The van der Waals surface area contributed by atoms with Crippen molar-refractivity contribution in [1.82, 2.24) is 0 Å². The predicted molar refractivity (Wildman–Crippen MR) is 125 cm³/mol. The van der Waals surface area contributed by atoms with Gasteiger partial charge in [0.05, 0.1) is 23.5 Å². The number of fused-ring (bicyclic) bond motifs is 2. The smallest absolute Gasteiger partial charge is 0.338 e. The van der Waals surface area contributed by atoms with Crippen molar-refractivity contribution in [3.05, 3.63) is 59.7 Å². The molecule has 2 aromatic carbocycles. The summed E-state index contributed by atoms with van der Waals surface area (Å²) < 4.78 is 5.25. The lowest BCUT2D eigenvalue weighted by atomic mass is 9.54. The van der Waals surface area contributed by atoms with Crippen molar-refractivity contribution in [3.8, 4) is 0 Å². The predicted octanol–water partition coefficient (Wildman–Crippen LogP) is 6.25. The second-order valence-electron chi connectivity index (χ2n) is 9.87. The lowest BCUT2D eigenvalue weighted by Crippen LogP contribution is -2.52. The lowest BCUT2D eigenvalue weighted by molar-refractivity contribution is 0.0238. The van der Waals surface area contributed by atoms with Crippen molar-refractivity contribution < 1.29 is 9.53 Å². The molecule has 0 heterocycles. The Labute approximate surface area is 185 Å². The first-order chi connectivity index (χ1) is 15.1. The Morgan fingerprint density at radius 3 is 2.74 bits per heavy atom. The molecule has 0 aromatic heterocycles. The number of esters is 1. The van der Waals surface area contributed by atoms with E-state index in [1.165, 1.54) is 50.5 Å². The maximum absolute atomic E-state index is 12.4. The molecular formula is C27H34N2O2. The van der Waals surface area contributed by atoms with E-state index in [1.54, 1.807) is 0 Å². The average Bonchev–Trinajstić information content (AvgIpc) is 2.78. The molecule has 0 amide bonds. The minimum absolute atomic E-state index is 0.207. The molecule has 0 aliphatic heterocycles. The minimum atomic E-state index is -0.261. The number of rotatable bonds is 7. The summed E-state index contributed by atoms with van der Waals surface area (Å²) in [5.41, 5.74) is 4.13. The summed E-state index contributed by atoms with van der Waals surface area (Å²) in [4.78, 5) is 12.4. The van der Waals surface area contributed by atoms with Gasteiger partial charge in [-0.15, -0.1) is 0 Å². The van der Waals surface area contributed by atoms with Gasteiger partial charge in [0.15, 0.2) is 0 Å². The largest absolute Gasteiger partial charge is 0.462 e. The SMILES string of the molecule is CCOC(=O)c1ccc(NC23CCC4CCC(CC4C2)C3)c(NCc2ccccc2)c1. The Kier molecular flexibility index (Phi) is 5.64. The summed E-state index contributed by atoms with van der Waals surface area (Å²) in [6.45, 7) is 2.96.